The quantitative estimate of drug-likeness (QED) is 0.581. The maximum Gasteiger partial charge on any atom is 0.573 e. The monoisotopic (exact) mass is 471 g/mol. The standard InChI is InChI=1S/C23H33BF3NO5/c1-20(2,3)31-19(29)28-12-10-15(11-13-28)17-9-8-16(14-18(17)30-23(25,26)27)24-32-21(4,5)22(6,7)33-24/h8-9,14-15H,10-13H2,1-7H3. The van der Waals surface area contributed by atoms with Crippen LogP contribution in [0, 0.1) is 0 Å². The number of nitrogens with zero attached hydrogens (tertiary/aromatic N) is 1. The van der Waals surface area contributed by atoms with Gasteiger partial charge in [0.1, 0.15) is 11.4 Å². The Morgan fingerprint density at radius 3 is 2.09 bits per heavy atom. The summed E-state index contributed by atoms with van der Waals surface area (Å²) in [5.41, 5.74) is -0.921. The second kappa shape index (κ2) is 8.69. The lowest BCUT2D eigenvalue weighted by Gasteiger charge is -2.34. The molecule has 6 nitrogen and oxygen atoms in total. The number of benzene rings is 1. The Kier molecular flexibility index (Phi) is 6.76. The van der Waals surface area contributed by atoms with Crippen molar-refractivity contribution in [1.29, 1.82) is 0 Å². The summed E-state index contributed by atoms with van der Waals surface area (Å²) in [4.78, 5) is 13.9. The minimum absolute atomic E-state index is 0.187. The summed E-state index contributed by atoms with van der Waals surface area (Å²) in [6.07, 6.45) is -4.24. The molecule has 0 bridgehead atoms. The number of likely N-dealkylation sites (tertiary alicyclic amines) is 1. The molecule has 3 rings (SSSR count). The highest BCUT2D eigenvalue weighted by atomic mass is 19.4. The van der Waals surface area contributed by atoms with Crippen LogP contribution < -0.4 is 10.2 Å². The van der Waals surface area contributed by atoms with E-state index in [-0.39, 0.29) is 11.7 Å². The molecule has 2 aliphatic heterocycles. The summed E-state index contributed by atoms with van der Waals surface area (Å²) in [5, 5.41) is 0. The molecule has 0 spiro atoms. The van der Waals surface area contributed by atoms with E-state index >= 15 is 0 Å². The molecule has 2 aliphatic rings. The van der Waals surface area contributed by atoms with Gasteiger partial charge in [0.25, 0.3) is 0 Å². The van der Waals surface area contributed by atoms with Crippen LogP contribution in [0.1, 0.15) is 72.8 Å². The number of hydrogen-bond donors (Lipinski definition) is 0. The van der Waals surface area contributed by atoms with Gasteiger partial charge in [-0.15, -0.1) is 13.2 Å². The Hall–Kier alpha value is -1.94. The molecule has 1 aromatic carbocycles. The molecule has 0 aromatic heterocycles. The van der Waals surface area contributed by atoms with E-state index in [0.717, 1.165) is 0 Å². The predicted molar refractivity (Wildman–Crippen MR) is 119 cm³/mol. The van der Waals surface area contributed by atoms with Gasteiger partial charge in [-0.25, -0.2) is 4.79 Å². The summed E-state index contributed by atoms with van der Waals surface area (Å²) in [5.74, 6) is -0.446. The third kappa shape index (κ3) is 6.15. The molecule has 33 heavy (non-hydrogen) atoms. The molecule has 0 radical (unpaired) electrons. The van der Waals surface area contributed by atoms with Gasteiger partial charge in [0.2, 0.25) is 0 Å². The Morgan fingerprint density at radius 2 is 1.61 bits per heavy atom. The summed E-state index contributed by atoms with van der Waals surface area (Å²) < 4.78 is 61.4. The number of ether oxygens (including phenoxy) is 2. The first-order valence-electron chi connectivity index (χ1n) is 11.2. The van der Waals surface area contributed by atoms with Gasteiger partial charge in [-0.2, -0.15) is 0 Å². The van der Waals surface area contributed by atoms with Crippen molar-refractivity contribution in [3.8, 4) is 5.75 Å². The van der Waals surface area contributed by atoms with Crippen LogP contribution in [-0.4, -0.2) is 54.4 Å². The number of alkyl halides is 3. The summed E-state index contributed by atoms with van der Waals surface area (Å²) >= 11 is 0. The van der Waals surface area contributed by atoms with Crippen molar-refractivity contribution >= 4 is 18.7 Å². The van der Waals surface area contributed by atoms with E-state index in [0.29, 0.717) is 37.0 Å². The fraction of sp³-hybridized carbons (Fsp3) is 0.696. The number of hydrogen-bond acceptors (Lipinski definition) is 5. The SMILES string of the molecule is CC(C)(C)OC(=O)N1CCC(c2ccc(B3OC(C)(C)C(C)(C)O3)cc2OC(F)(F)F)CC1. The van der Waals surface area contributed by atoms with Crippen molar-refractivity contribution in [3.05, 3.63) is 23.8 Å². The molecule has 184 valence electrons. The maximum absolute atomic E-state index is 13.2. The summed E-state index contributed by atoms with van der Waals surface area (Å²) in [7, 11) is -0.798. The van der Waals surface area contributed by atoms with E-state index < -0.39 is 36.4 Å². The van der Waals surface area contributed by atoms with Crippen molar-refractivity contribution in [1.82, 2.24) is 4.90 Å². The first kappa shape index (κ1) is 25.7. The van der Waals surface area contributed by atoms with Crippen molar-refractivity contribution in [2.24, 2.45) is 0 Å². The summed E-state index contributed by atoms with van der Waals surface area (Å²) in [6.45, 7) is 13.7. The molecule has 2 fully saturated rings. The number of amides is 1. The fourth-order valence-electron chi connectivity index (χ4n) is 3.93. The van der Waals surface area contributed by atoms with Gasteiger partial charge in [-0.3, -0.25) is 0 Å². The largest absolute Gasteiger partial charge is 0.573 e. The normalized spacial score (nSPS) is 21.3. The maximum atomic E-state index is 13.2. The first-order chi connectivity index (χ1) is 15.0. The van der Waals surface area contributed by atoms with Gasteiger partial charge in [-0.05, 0) is 84.3 Å². The van der Waals surface area contributed by atoms with Gasteiger partial charge in [-0.1, -0.05) is 12.1 Å². The molecule has 0 N–H and O–H groups in total. The summed E-state index contributed by atoms with van der Waals surface area (Å²) in [6, 6.07) is 4.72. The first-order valence-corrected chi connectivity index (χ1v) is 11.2. The third-order valence-corrected chi connectivity index (χ3v) is 6.38. The Labute approximate surface area is 193 Å². The van der Waals surface area contributed by atoms with Crippen LogP contribution in [0.25, 0.3) is 0 Å². The van der Waals surface area contributed by atoms with Crippen LogP contribution in [0.4, 0.5) is 18.0 Å². The van der Waals surface area contributed by atoms with Crippen LogP contribution in [0.2, 0.25) is 0 Å². The zero-order valence-corrected chi connectivity index (χ0v) is 20.3. The van der Waals surface area contributed by atoms with Crippen LogP contribution >= 0.6 is 0 Å². The van der Waals surface area contributed by atoms with E-state index in [2.05, 4.69) is 4.74 Å². The smallest absolute Gasteiger partial charge is 0.444 e. The molecule has 10 heteroatoms. The molecule has 0 aliphatic carbocycles. The van der Waals surface area contributed by atoms with Gasteiger partial charge in [0.15, 0.2) is 0 Å². The zero-order valence-electron chi connectivity index (χ0n) is 20.3. The fourth-order valence-corrected chi connectivity index (χ4v) is 3.93. The minimum Gasteiger partial charge on any atom is -0.444 e. The average Bonchev–Trinajstić information content (AvgIpc) is 2.86. The van der Waals surface area contributed by atoms with Gasteiger partial charge in [0, 0.05) is 13.1 Å². The van der Waals surface area contributed by atoms with Crippen molar-refractivity contribution in [3.63, 3.8) is 0 Å². The predicted octanol–water partition coefficient (Wildman–Crippen LogP) is 5.00. The molecule has 0 unspecified atom stereocenters. The van der Waals surface area contributed by atoms with E-state index in [9.17, 15) is 18.0 Å². The topological polar surface area (TPSA) is 57.2 Å². The molecular weight excluding hydrogens is 438 g/mol. The lowest BCUT2D eigenvalue weighted by Crippen LogP contribution is -2.41. The zero-order chi connectivity index (χ0) is 24.8. The van der Waals surface area contributed by atoms with Crippen molar-refractivity contribution in [2.75, 3.05) is 13.1 Å². The van der Waals surface area contributed by atoms with Gasteiger partial charge >= 0.3 is 19.6 Å². The Bertz CT molecular complexity index is 858. The lowest BCUT2D eigenvalue weighted by molar-refractivity contribution is -0.275. The molecule has 1 amide bonds. The minimum atomic E-state index is -4.83. The second-order valence-corrected chi connectivity index (χ2v) is 10.7. The number of carbonyl (C=O) groups is 1. The van der Waals surface area contributed by atoms with Crippen LogP contribution in [0.5, 0.6) is 5.75 Å². The number of piperidine rings is 1. The van der Waals surface area contributed by atoms with E-state index in [1.165, 1.54) is 6.07 Å². The number of carbonyl (C=O) groups excluding carboxylic acids is 1. The van der Waals surface area contributed by atoms with Crippen LogP contribution in [0.3, 0.4) is 0 Å². The van der Waals surface area contributed by atoms with E-state index in [4.69, 9.17) is 14.0 Å². The highest BCUT2D eigenvalue weighted by molar-refractivity contribution is 6.62. The molecule has 1 aromatic rings. The van der Waals surface area contributed by atoms with Crippen molar-refractivity contribution in [2.45, 2.75) is 90.4 Å². The van der Waals surface area contributed by atoms with Gasteiger partial charge in [0.05, 0.1) is 11.2 Å². The Morgan fingerprint density at radius 1 is 1.06 bits per heavy atom. The highest BCUT2D eigenvalue weighted by Crippen LogP contribution is 2.39. The van der Waals surface area contributed by atoms with Crippen molar-refractivity contribution < 1.29 is 36.7 Å². The second-order valence-electron chi connectivity index (χ2n) is 10.7. The highest BCUT2D eigenvalue weighted by Gasteiger charge is 2.52. The molecule has 0 atom stereocenters. The van der Waals surface area contributed by atoms with E-state index in [1.54, 1.807) is 37.8 Å². The van der Waals surface area contributed by atoms with Crippen LogP contribution in [-0.2, 0) is 14.0 Å². The van der Waals surface area contributed by atoms with Crippen LogP contribution in [0.15, 0.2) is 18.2 Å². The lowest BCUT2D eigenvalue weighted by atomic mass is 9.77. The number of rotatable bonds is 3. The molecule has 2 saturated heterocycles. The molecular formula is C23H33BF3NO5. The van der Waals surface area contributed by atoms with E-state index in [1.807, 2.05) is 27.7 Å². The number of halogens is 3. The Balaban J connectivity index is 1.79. The molecule has 0 saturated carbocycles. The third-order valence-electron chi connectivity index (χ3n) is 6.38. The molecule has 2 heterocycles. The van der Waals surface area contributed by atoms with Gasteiger partial charge < -0.3 is 23.7 Å². The average molecular weight is 471 g/mol.